The molecule has 0 spiro atoms. The lowest BCUT2D eigenvalue weighted by molar-refractivity contribution is -0.116. The summed E-state index contributed by atoms with van der Waals surface area (Å²) in [6.07, 6.45) is 3.17. The molecule has 0 aliphatic carbocycles. The molecule has 4 nitrogen and oxygen atoms in total. The monoisotopic (exact) mass is 385 g/mol. The van der Waals surface area contributed by atoms with Gasteiger partial charge in [-0.1, -0.05) is 54.9 Å². The molecule has 0 aliphatic rings. The first-order chi connectivity index (χ1) is 12.7. The standard InChI is InChI=1S/C20H20ClN3OS/c1-2-18(23-15-9-4-3-5-10-15)19(25)24-20-22-13-16(26-20)12-14-8-6-7-11-17(14)21/h3-11,13,18,23H,2,12H2,1H3,(H,22,24,25). The van der Waals surface area contributed by atoms with E-state index in [0.29, 0.717) is 18.0 Å². The molecule has 134 valence electrons. The van der Waals surface area contributed by atoms with E-state index < -0.39 is 0 Å². The van der Waals surface area contributed by atoms with Gasteiger partial charge in [-0.25, -0.2) is 4.98 Å². The summed E-state index contributed by atoms with van der Waals surface area (Å²) in [6.45, 7) is 1.98. The zero-order chi connectivity index (χ0) is 18.4. The fraction of sp³-hybridized carbons (Fsp3) is 0.200. The van der Waals surface area contributed by atoms with Crippen LogP contribution in [0.5, 0.6) is 0 Å². The van der Waals surface area contributed by atoms with Crippen LogP contribution in [-0.4, -0.2) is 16.9 Å². The van der Waals surface area contributed by atoms with Gasteiger partial charge >= 0.3 is 0 Å². The number of carbonyl (C=O) groups is 1. The van der Waals surface area contributed by atoms with Crippen LogP contribution in [0.15, 0.2) is 60.8 Å². The number of aromatic nitrogens is 1. The fourth-order valence-corrected chi connectivity index (χ4v) is 3.60. The Balaban J connectivity index is 1.62. The molecule has 0 aliphatic heterocycles. The molecule has 0 saturated carbocycles. The summed E-state index contributed by atoms with van der Waals surface area (Å²) in [5, 5.41) is 7.50. The highest BCUT2D eigenvalue weighted by atomic mass is 35.5. The molecule has 3 aromatic rings. The molecule has 3 rings (SSSR count). The van der Waals surface area contributed by atoms with Crippen molar-refractivity contribution in [2.75, 3.05) is 10.6 Å². The quantitative estimate of drug-likeness (QED) is 0.586. The molecule has 2 aromatic carbocycles. The number of para-hydroxylation sites is 1. The van der Waals surface area contributed by atoms with Crippen molar-refractivity contribution in [2.45, 2.75) is 25.8 Å². The van der Waals surface area contributed by atoms with Crippen LogP contribution in [0.2, 0.25) is 5.02 Å². The number of rotatable bonds is 7. The Morgan fingerprint density at radius 3 is 2.62 bits per heavy atom. The molecule has 26 heavy (non-hydrogen) atoms. The lowest BCUT2D eigenvalue weighted by Gasteiger charge is -2.17. The average molecular weight is 386 g/mol. The number of nitrogens with zero attached hydrogens (tertiary/aromatic N) is 1. The zero-order valence-corrected chi connectivity index (χ0v) is 16.0. The van der Waals surface area contributed by atoms with Crippen LogP contribution in [0.4, 0.5) is 10.8 Å². The summed E-state index contributed by atoms with van der Waals surface area (Å²) < 4.78 is 0. The van der Waals surface area contributed by atoms with Gasteiger partial charge in [-0.05, 0) is 30.2 Å². The summed E-state index contributed by atoms with van der Waals surface area (Å²) in [6, 6.07) is 17.2. The molecule has 0 saturated heterocycles. The number of anilines is 2. The topological polar surface area (TPSA) is 54.0 Å². The normalized spacial score (nSPS) is 11.8. The Morgan fingerprint density at radius 1 is 1.15 bits per heavy atom. The number of thiazole rings is 1. The van der Waals surface area contributed by atoms with E-state index in [4.69, 9.17) is 11.6 Å². The lowest BCUT2D eigenvalue weighted by atomic mass is 10.1. The Kier molecular flexibility index (Phi) is 6.26. The van der Waals surface area contributed by atoms with E-state index in [-0.39, 0.29) is 11.9 Å². The first-order valence-corrected chi connectivity index (χ1v) is 9.65. The third-order valence-corrected chi connectivity index (χ3v) is 5.23. The van der Waals surface area contributed by atoms with Crippen molar-refractivity contribution in [3.05, 3.63) is 76.3 Å². The third kappa shape index (κ3) is 4.84. The van der Waals surface area contributed by atoms with Crippen LogP contribution >= 0.6 is 22.9 Å². The molecule has 0 fully saturated rings. The number of hydrogen-bond donors (Lipinski definition) is 2. The van der Waals surface area contributed by atoms with Crippen LogP contribution < -0.4 is 10.6 Å². The Morgan fingerprint density at radius 2 is 1.88 bits per heavy atom. The van der Waals surface area contributed by atoms with Crippen LogP contribution in [0, 0.1) is 0 Å². The molecule has 1 heterocycles. The summed E-state index contributed by atoms with van der Waals surface area (Å²) in [5.41, 5.74) is 1.97. The molecule has 6 heteroatoms. The molecular weight excluding hydrogens is 366 g/mol. The predicted octanol–water partition coefficient (Wildman–Crippen LogP) is 5.22. The second-order valence-corrected chi connectivity index (χ2v) is 7.38. The van der Waals surface area contributed by atoms with Crippen molar-refractivity contribution in [1.82, 2.24) is 4.98 Å². The summed E-state index contributed by atoms with van der Waals surface area (Å²) in [5.74, 6) is -0.0880. The highest BCUT2D eigenvalue weighted by molar-refractivity contribution is 7.15. The van der Waals surface area contributed by atoms with Crippen molar-refractivity contribution in [3.63, 3.8) is 0 Å². The number of benzene rings is 2. The van der Waals surface area contributed by atoms with E-state index >= 15 is 0 Å². The van der Waals surface area contributed by atoms with E-state index in [1.807, 2.05) is 61.5 Å². The van der Waals surface area contributed by atoms with Gasteiger partial charge < -0.3 is 10.6 Å². The van der Waals surface area contributed by atoms with Gasteiger partial charge in [-0.3, -0.25) is 4.79 Å². The summed E-state index contributed by atoms with van der Waals surface area (Å²) in [7, 11) is 0. The number of carbonyl (C=O) groups excluding carboxylic acids is 1. The molecule has 1 atom stereocenters. The second kappa shape index (κ2) is 8.83. The summed E-state index contributed by atoms with van der Waals surface area (Å²) in [4.78, 5) is 17.9. The Labute approximate surface area is 162 Å². The molecular formula is C20H20ClN3OS. The minimum Gasteiger partial charge on any atom is -0.374 e. The predicted molar refractivity (Wildman–Crippen MR) is 109 cm³/mol. The van der Waals surface area contributed by atoms with Gasteiger partial charge in [-0.2, -0.15) is 0 Å². The van der Waals surface area contributed by atoms with Crippen molar-refractivity contribution in [1.29, 1.82) is 0 Å². The SMILES string of the molecule is CCC(Nc1ccccc1)C(=O)Nc1ncc(Cc2ccccc2Cl)s1. The zero-order valence-electron chi connectivity index (χ0n) is 14.4. The largest absolute Gasteiger partial charge is 0.374 e. The van der Waals surface area contributed by atoms with E-state index in [9.17, 15) is 4.79 Å². The maximum atomic E-state index is 12.5. The van der Waals surface area contributed by atoms with Crippen molar-refractivity contribution < 1.29 is 4.79 Å². The molecule has 1 amide bonds. The van der Waals surface area contributed by atoms with Crippen LogP contribution in [-0.2, 0) is 11.2 Å². The first-order valence-electron chi connectivity index (χ1n) is 8.46. The van der Waals surface area contributed by atoms with Gasteiger partial charge in [0.15, 0.2) is 5.13 Å². The van der Waals surface area contributed by atoms with Crippen molar-refractivity contribution >= 4 is 39.7 Å². The van der Waals surface area contributed by atoms with E-state index in [1.54, 1.807) is 6.20 Å². The number of amides is 1. The highest BCUT2D eigenvalue weighted by Gasteiger charge is 2.17. The first kappa shape index (κ1) is 18.4. The average Bonchev–Trinajstić information content (AvgIpc) is 3.09. The van der Waals surface area contributed by atoms with E-state index in [1.165, 1.54) is 11.3 Å². The second-order valence-electron chi connectivity index (χ2n) is 5.86. The van der Waals surface area contributed by atoms with Crippen molar-refractivity contribution in [3.8, 4) is 0 Å². The highest BCUT2D eigenvalue weighted by Crippen LogP contribution is 2.25. The Hall–Kier alpha value is -2.37. The minimum atomic E-state index is -0.312. The maximum Gasteiger partial charge on any atom is 0.248 e. The Bertz CT molecular complexity index is 866. The van der Waals surface area contributed by atoms with Gasteiger partial charge in [0, 0.05) is 28.2 Å². The molecule has 1 unspecified atom stereocenters. The molecule has 1 aromatic heterocycles. The van der Waals surface area contributed by atoms with E-state index in [0.717, 1.165) is 21.2 Å². The van der Waals surface area contributed by atoms with Crippen LogP contribution in [0.1, 0.15) is 23.8 Å². The van der Waals surface area contributed by atoms with Crippen molar-refractivity contribution in [2.24, 2.45) is 0 Å². The summed E-state index contributed by atoms with van der Waals surface area (Å²) >= 11 is 7.68. The fourth-order valence-electron chi connectivity index (χ4n) is 2.56. The lowest BCUT2D eigenvalue weighted by Crippen LogP contribution is -2.34. The smallest absolute Gasteiger partial charge is 0.248 e. The van der Waals surface area contributed by atoms with Crippen LogP contribution in [0.3, 0.4) is 0 Å². The molecule has 0 bridgehead atoms. The number of hydrogen-bond acceptors (Lipinski definition) is 4. The minimum absolute atomic E-state index is 0.0880. The molecule has 0 radical (unpaired) electrons. The van der Waals surface area contributed by atoms with Crippen LogP contribution in [0.25, 0.3) is 0 Å². The van der Waals surface area contributed by atoms with E-state index in [2.05, 4.69) is 15.6 Å². The van der Waals surface area contributed by atoms with Gasteiger partial charge in [0.2, 0.25) is 5.91 Å². The maximum absolute atomic E-state index is 12.5. The third-order valence-electron chi connectivity index (χ3n) is 3.95. The van der Waals surface area contributed by atoms with Gasteiger partial charge in [0.1, 0.15) is 6.04 Å². The van der Waals surface area contributed by atoms with Gasteiger partial charge in [0.05, 0.1) is 0 Å². The molecule has 2 N–H and O–H groups in total. The van der Waals surface area contributed by atoms with Gasteiger partial charge in [0.25, 0.3) is 0 Å². The number of halogens is 1. The number of nitrogens with one attached hydrogen (secondary N) is 2. The van der Waals surface area contributed by atoms with Gasteiger partial charge in [-0.15, -0.1) is 11.3 Å².